The second-order valence-electron chi connectivity index (χ2n) is 7.12. The fourth-order valence-electron chi connectivity index (χ4n) is 3.59. The highest BCUT2D eigenvalue weighted by atomic mass is 19.1. The number of methoxy groups -OCH3 is 1. The van der Waals surface area contributed by atoms with Crippen LogP contribution in [0.25, 0.3) is 5.69 Å². The van der Waals surface area contributed by atoms with Crippen molar-refractivity contribution in [3.8, 4) is 17.2 Å². The van der Waals surface area contributed by atoms with Gasteiger partial charge in [-0.05, 0) is 37.1 Å². The maximum absolute atomic E-state index is 14.4. The molecule has 0 unspecified atom stereocenters. The van der Waals surface area contributed by atoms with Gasteiger partial charge >= 0.3 is 0 Å². The molecular weight excluding hydrogens is 375 g/mol. The smallest absolute Gasteiger partial charge is 0.188 e. The van der Waals surface area contributed by atoms with Gasteiger partial charge < -0.3 is 20.3 Å². The predicted molar refractivity (Wildman–Crippen MR) is 105 cm³/mol. The summed E-state index contributed by atoms with van der Waals surface area (Å²) in [6.45, 7) is 0.114. The lowest BCUT2D eigenvalue weighted by atomic mass is 10.1. The molecule has 29 heavy (non-hydrogen) atoms. The monoisotopic (exact) mass is 398 g/mol. The minimum atomic E-state index is -0.609. The van der Waals surface area contributed by atoms with Gasteiger partial charge in [0.1, 0.15) is 35.4 Å². The van der Waals surface area contributed by atoms with E-state index in [1.54, 1.807) is 31.4 Å². The SMILES string of the molecule is COc1cccc(OCc2nc([C@H]3C[C@@H](N)[C@H](O)C3)n(-c3ccccc3F)n2)c1. The fourth-order valence-corrected chi connectivity index (χ4v) is 3.59. The van der Waals surface area contributed by atoms with E-state index in [0.29, 0.717) is 41.7 Å². The molecule has 0 spiro atoms. The van der Waals surface area contributed by atoms with Crippen LogP contribution < -0.4 is 15.2 Å². The molecule has 1 heterocycles. The number of halogens is 1. The molecule has 8 heteroatoms. The highest BCUT2D eigenvalue weighted by molar-refractivity contribution is 5.35. The molecule has 152 valence electrons. The predicted octanol–water partition coefficient (Wildman–Crippen LogP) is 2.56. The number of aliphatic hydroxyl groups is 1. The topological polar surface area (TPSA) is 95.4 Å². The van der Waals surface area contributed by atoms with Gasteiger partial charge in [0.15, 0.2) is 5.82 Å². The van der Waals surface area contributed by atoms with Crippen LogP contribution in [0.2, 0.25) is 0 Å². The number of aromatic nitrogens is 3. The van der Waals surface area contributed by atoms with Crippen LogP contribution in [0.5, 0.6) is 11.5 Å². The van der Waals surface area contributed by atoms with Crippen LogP contribution in [0.4, 0.5) is 4.39 Å². The van der Waals surface area contributed by atoms with E-state index in [1.165, 1.54) is 10.7 Å². The molecule has 1 aliphatic carbocycles. The van der Waals surface area contributed by atoms with E-state index in [4.69, 9.17) is 15.2 Å². The van der Waals surface area contributed by atoms with Crippen LogP contribution in [0.3, 0.4) is 0 Å². The molecule has 1 aromatic heterocycles. The van der Waals surface area contributed by atoms with Crippen molar-refractivity contribution in [3.63, 3.8) is 0 Å². The summed E-state index contributed by atoms with van der Waals surface area (Å²) in [4.78, 5) is 4.60. The van der Waals surface area contributed by atoms with Crippen molar-refractivity contribution in [2.45, 2.75) is 37.5 Å². The summed E-state index contributed by atoms with van der Waals surface area (Å²) in [5.41, 5.74) is 6.28. The van der Waals surface area contributed by atoms with Crippen molar-refractivity contribution in [2.24, 2.45) is 5.73 Å². The molecule has 3 aromatic rings. The third-order valence-electron chi connectivity index (χ3n) is 5.11. The van der Waals surface area contributed by atoms with Crippen molar-refractivity contribution >= 4 is 0 Å². The molecule has 0 bridgehead atoms. The van der Waals surface area contributed by atoms with Crippen molar-refractivity contribution in [2.75, 3.05) is 7.11 Å². The zero-order chi connectivity index (χ0) is 20.4. The summed E-state index contributed by atoms with van der Waals surface area (Å²) in [5, 5.41) is 14.5. The lowest BCUT2D eigenvalue weighted by molar-refractivity contribution is 0.163. The minimum Gasteiger partial charge on any atom is -0.497 e. The lowest BCUT2D eigenvalue weighted by Gasteiger charge is -2.11. The number of hydrogen-bond acceptors (Lipinski definition) is 6. The Morgan fingerprint density at radius 2 is 1.97 bits per heavy atom. The van der Waals surface area contributed by atoms with Gasteiger partial charge in [0.05, 0.1) is 13.2 Å². The second kappa shape index (κ2) is 8.18. The molecule has 1 aliphatic rings. The van der Waals surface area contributed by atoms with Crippen LogP contribution in [0.1, 0.15) is 30.4 Å². The number of nitrogens with zero attached hydrogens (tertiary/aromatic N) is 3. The Hall–Kier alpha value is -2.97. The molecule has 0 saturated heterocycles. The Bertz CT molecular complexity index is 984. The van der Waals surface area contributed by atoms with Crippen molar-refractivity contribution in [3.05, 3.63) is 66.0 Å². The summed E-state index contributed by atoms with van der Waals surface area (Å²) in [5.74, 6) is 1.78. The zero-order valence-electron chi connectivity index (χ0n) is 16.0. The number of rotatable bonds is 6. The Morgan fingerprint density at radius 1 is 1.17 bits per heavy atom. The van der Waals surface area contributed by atoms with Gasteiger partial charge in [0.25, 0.3) is 0 Å². The largest absolute Gasteiger partial charge is 0.497 e. The fraction of sp³-hybridized carbons (Fsp3) is 0.333. The molecule has 3 atom stereocenters. The lowest BCUT2D eigenvalue weighted by Crippen LogP contribution is -2.28. The Labute approximate surface area is 167 Å². The maximum atomic E-state index is 14.4. The van der Waals surface area contributed by atoms with Crippen molar-refractivity contribution in [1.82, 2.24) is 14.8 Å². The molecule has 0 radical (unpaired) electrons. The van der Waals surface area contributed by atoms with E-state index in [0.717, 1.165) is 0 Å². The van der Waals surface area contributed by atoms with Crippen LogP contribution in [0, 0.1) is 5.82 Å². The molecule has 0 aliphatic heterocycles. The third kappa shape index (κ3) is 4.08. The van der Waals surface area contributed by atoms with Gasteiger partial charge in [0.2, 0.25) is 0 Å². The quantitative estimate of drug-likeness (QED) is 0.663. The molecule has 1 fully saturated rings. The van der Waals surface area contributed by atoms with E-state index in [2.05, 4.69) is 10.1 Å². The summed E-state index contributed by atoms with van der Waals surface area (Å²) < 4.78 is 26.9. The summed E-state index contributed by atoms with van der Waals surface area (Å²) in [6.07, 6.45) is 0.414. The highest BCUT2D eigenvalue weighted by Gasteiger charge is 2.35. The van der Waals surface area contributed by atoms with Gasteiger partial charge in [-0.2, -0.15) is 0 Å². The molecule has 1 saturated carbocycles. The van der Waals surface area contributed by atoms with Crippen LogP contribution >= 0.6 is 0 Å². The van der Waals surface area contributed by atoms with E-state index in [-0.39, 0.29) is 18.6 Å². The summed E-state index contributed by atoms with van der Waals surface area (Å²) >= 11 is 0. The molecule has 7 nitrogen and oxygen atoms in total. The Balaban J connectivity index is 1.63. The normalized spacial score (nSPS) is 21.3. The first-order valence-electron chi connectivity index (χ1n) is 9.46. The summed E-state index contributed by atoms with van der Waals surface area (Å²) in [6, 6.07) is 13.3. The molecule has 0 amide bonds. The van der Waals surface area contributed by atoms with E-state index in [1.807, 2.05) is 18.2 Å². The van der Waals surface area contributed by atoms with Crippen molar-refractivity contribution in [1.29, 1.82) is 0 Å². The molecule has 2 aromatic carbocycles. The molecular formula is C21H23FN4O3. The van der Waals surface area contributed by atoms with Gasteiger partial charge in [-0.1, -0.05) is 18.2 Å². The Morgan fingerprint density at radius 3 is 2.69 bits per heavy atom. The van der Waals surface area contributed by atoms with Crippen molar-refractivity contribution < 1.29 is 19.0 Å². The average molecular weight is 398 g/mol. The number of para-hydroxylation sites is 1. The van der Waals surface area contributed by atoms with Gasteiger partial charge in [-0.3, -0.25) is 0 Å². The minimum absolute atomic E-state index is 0.113. The number of benzene rings is 2. The van der Waals surface area contributed by atoms with Gasteiger partial charge in [-0.15, -0.1) is 5.10 Å². The number of hydrogen-bond donors (Lipinski definition) is 2. The zero-order valence-corrected chi connectivity index (χ0v) is 16.0. The van der Waals surface area contributed by atoms with Crippen LogP contribution in [-0.4, -0.2) is 39.1 Å². The first kappa shape index (κ1) is 19.4. The number of ether oxygens (including phenoxy) is 2. The number of nitrogens with two attached hydrogens (primary N) is 1. The van der Waals surface area contributed by atoms with E-state index in [9.17, 15) is 9.50 Å². The standard InChI is InChI=1S/C21H23FN4O3/c1-28-14-5-4-6-15(11-14)29-12-20-24-21(13-9-17(23)19(27)10-13)26(25-20)18-8-3-2-7-16(18)22/h2-8,11,13,17,19,27H,9-10,12,23H2,1H3/t13-,17+,19+/m0/s1. The van der Waals surface area contributed by atoms with Crippen LogP contribution in [0.15, 0.2) is 48.5 Å². The summed E-state index contributed by atoms with van der Waals surface area (Å²) in [7, 11) is 1.59. The van der Waals surface area contributed by atoms with Gasteiger partial charge in [0, 0.05) is 18.0 Å². The van der Waals surface area contributed by atoms with Crippen LogP contribution in [-0.2, 0) is 6.61 Å². The molecule has 4 rings (SSSR count). The van der Waals surface area contributed by atoms with Gasteiger partial charge in [-0.25, -0.2) is 14.1 Å². The number of aliphatic hydroxyl groups excluding tert-OH is 1. The highest BCUT2D eigenvalue weighted by Crippen LogP contribution is 2.34. The molecule has 3 N–H and O–H groups in total. The van der Waals surface area contributed by atoms with E-state index < -0.39 is 11.9 Å². The van der Waals surface area contributed by atoms with E-state index >= 15 is 0 Å². The first-order chi connectivity index (χ1) is 14.0. The Kier molecular flexibility index (Phi) is 5.46. The second-order valence-corrected chi connectivity index (χ2v) is 7.12. The third-order valence-corrected chi connectivity index (χ3v) is 5.11. The first-order valence-corrected chi connectivity index (χ1v) is 9.46. The average Bonchev–Trinajstić information content (AvgIpc) is 3.30. The maximum Gasteiger partial charge on any atom is 0.188 e.